The van der Waals surface area contributed by atoms with Crippen LogP contribution in [0.2, 0.25) is 0 Å². The Bertz CT molecular complexity index is 332. The standard InChI is InChI=1S/C13H18O2/c1-10(14)13-8-7-12(15-13)9-11-5-3-2-4-6-11/h7-8,11H,2-6,9H2,1H3. The molecule has 1 saturated carbocycles. The van der Waals surface area contributed by atoms with Crippen LogP contribution in [0.5, 0.6) is 0 Å². The van der Waals surface area contributed by atoms with E-state index in [0.29, 0.717) is 5.76 Å². The molecular formula is C13H18O2. The molecule has 0 radical (unpaired) electrons. The average molecular weight is 206 g/mol. The van der Waals surface area contributed by atoms with Gasteiger partial charge >= 0.3 is 0 Å². The average Bonchev–Trinajstić information content (AvgIpc) is 2.68. The van der Waals surface area contributed by atoms with Gasteiger partial charge in [-0.05, 0) is 18.1 Å². The first kappa shape index (κ1) is 10.5. The largest absolute Gasteiger partial charge is 0.458 e. The van der Waals surface area contributed by atoms with E-state index in [2.05, 4.69) is 0 Å². The van der Waals surface area contributed by atoms with E-state index >= 15 is 0 Å². The molecule has 0 amide bonds. The second kappa shape index (κ2) is 4.65. The number of furan rings is 1. The maximum absolute atomic E-state index is 11.1. The lowest BCUT2D eigenvalue weighted by Crippen LogP contribution is -2.08. The number of carbonyl (C=O) groups is 1. The van der Waals surface area contributed by atoms with Crippen LogP contribution in [0, 0.1) is 5.92 Å². The molecule has 0 aromatic carbocycles. The Labute approximate surface area is 90.7 Å². The number of carbonyl (C=O) groups excluding carboxylic acids is 1. The Balaban J connectivity index is 1.94. The highest BCUT2D eigenvalue weighted by Crippen LogP contribution is 2.27. The Morgan fingerprint density at radius 1 is 1.33 bits per heavy atom. The van der Waals surface area contributed by atoms with Crippen molar-refractivity contribution < 1.29 is 9.21 Å². The molecule has 82 valence electrons. The Morgan fingerprint density at radius 3 is 2.67 bits per heavy atom. The number of hydrogen-bond acceptors (Lipinski definition) is 2. The third-order valence-electron chi connectivity index (χ3n) is 3.22. The molecule has 1 aliphatic carbocycles. The van der Waals surface area contributed by atoms with E-state index in [9.17, 15) is 4.79 Å². The van der Waals surface area contributed by atoms with Crippen LogP contribution < -0.4 is 0 Å². The molecule has 0 atom stereocenters. The third kappa shape index (κ3) is 2.71. The van der Waals surface area contributed by atoms with Crippen molar-refractivity contribution in [3.8, 4) is 0 Å². The van der Waals surface area contributed by atoms with E-state index < -0.39 is 0 Å². The maximum atomic E-state index is 11.1. The minimum Gasteiger partial charge on any atom is -0.458 e. The summed E-state index contributed by atoms with van der Waals surface area (Å²) in [6.07, 6.45) is 7.72. The van der Waals surface area contributed by atoms with Gasteiger partial charge in [0.15, 0.2) is 11.5 Å². The topological polar surface area (TPSA) is 30.2 Å². The first-order valence-electron chi connectivity index (χ1n) is 5.85. The van der Waals surface area contributed by atoms with Gasteiger partial charge < -0.3 is 4.42 Å². The molecule has 1 fully saturated rings. The smallest absolute Gasteiger partial charge is 0.194 e. The second-order valence-corrected chi connectivity index (χ2v) is 4.53. The quantitative estimate of drug-likeness (QED) is 0.707. The normalized spacial score (nSPS) is 17.9. The molecule has 1 aliphatic rings. The molecular weight excluding hydrogens is 188 g/mol. The molecule has 2 rings (SSSR count). The lowest BCUT2D eigenvalue weighted by molar-refractivity contribution is 0.0985. The van der Waals surface area contributed by atoms with E-state index in [1.807, 2.05) is 6.07 Å². The monoisotopic (exact) mass is 206 g/mol. The predicted molar refractivity (Wildman–Crippen MR) is 59.0 cm³/mol. The number of Topliss-reactive ketones (excluding diaryl/α,β-unsaturated/α-hetero) is 1. The van der Waals surface area contributed by atoms with Crippen LogP contribution in [0.25, 0.3) is 0 Å². The fourth-order valence-corrected chi connectivity index (χ4v) is 2.35. The molecule has 2 heteroatoms. The Hall–Kier alpha value is -1.05. The number of rotatable bonds is 3. The van der Waals surface area contributed by atoms with Crippen LogP contribution in [0.4, 0.5) is 0 Å². The summed E-state index contributed by atoms with van der Waals surface area (Å²) in [4.78, 5) is 11.1. The van der Waals surface area contributed by atoms with Crippen molar-refractivity contribution in [2.45, 2.75) is 45.4 Å². The van der Waals surface area contributed by atoms with E-state index in [1.54, 1.807) is 13.0 Å². The van der Waals surface area contributed by atoms with E-state index in [1.165, 1.54) is 32.1 Å². The van der Waals surface area contributed by atoms with Crippen LogP contribution in [-0.4, -0.2) is 5.78 Å². The summed E-state index contributed by atoms with van der Waals surface area (Å²) in [5, 5.41) is 0. The zero-order valence-corrected chi connectivity index (χ0v) is 9.29. The minimum absolute atomic E-state index is 0.0184. The lowest BCUT2D eigenvalue weighted by Gasteiger charge is -2.20. The first-order chi connectivity index (χ1) is 7.25. The molecule has 0 N–H and O–H groups in total. The summed E-state index contributed by atoms with van der Waals surface area (Å²) >= 11 is 0. The van der Waals surface area contributed by atoms with Gasteiger partial charge in [0.05, 0.1) is 0 Å². The van der Waals surface area contributed by atoms with Crippen molar-refractivity contribution in [3.05, 3.63) is 23.7 Å². The van der Waals surface area contributed by atoms with Crippen LogP contribution in [0.15, 0.2) is 16.5 Å². The van der Waals surface area contributed by atoms with Crippen LogP contribution in [0.1, 0.15) is 55.3 Å². The fourth-order valence-electron chi connectivity index (χ4n) is 2.35. The molecule has 0 unspecified atom stereocenters. The van der Waals surface area contributed by atoms with Crippen LogP contribution in [0.3, 0.4) is 0 Å². The van der Waals surface area contributed by atoms with Crippen molar-refractivity contribution in [2.75, 3.05) is 0 Å². The molecule has 1 aromatic rings. The van der Waals surface area contributed by atoms with Gasteiger partial charge in [-0.15, -0.1) is 0 Å². The van der Waals surface area contributed by atoms with Crippen molar-refractivity contribution >= 4 is 5.78 Å². The highest BCUT2D eigenvalue weighted by atomic mass is 16.3. The molecule has 0 spiro atoms. The molecule has 0 bridgehead atoms. The van der Waals surface area contributed by atoms with Crippen molar-refractivity contribution in [1.29, 1.82) is 0 Å². The zero-order chi connectivity index (χ0) is 10.7. The van der Waals surface area contributed by atoms with Crippen molar-refractivity contribution in [1.82, 2.24) is 0 Å². The summed E-state index contributed by atoms with van der Waals surface area (Å²) < 4.78 is 5.50. The molecule has 1 heterocycles. The second-order valence-electron chi connectivity index (χ2n) is 4.53. The maximum Gasteiger partial charge on any atom is 0.194 e. The van der Waals surface area contributed by atoms with Crippen molar-refractivity contribution in [3.63, 3.8) is 0 Å². The highest BCUT2D eigenvalue weighted by Gasteiger charge is 2.16. The first-order valence-corrected chi connectivity index (χ1v) is 5.85. The van der Waals surface area contributed by atoms with Gasteiger partial charge in [-0.2, -0.15) is 0 Å². The highest BCUT2D eigenvalue weighted by molar-refractivity contribution is 5.91. The van der Waals surface area contributed by atoms with Crippen LogP contribution >= 0.6 is 0 Å². The predicted octanol–water partition coefficient (Wildman–Crippen LogP) is 3.61. The SMILES string of the molecule is CC(=O)c1ccc(CC2CCCCC2)o1. The van der Waals surface area contributed by atoms with Gasteiger partial charge in [-0.25, -0.2) is 0 Å². The Kier molecular flexibility index (Phi) is 3.24. The van der Waals surface area contributed by atoms with E-state index in [-0.39, 0.29) is 5.78 Å². The molecule has 1 aromatic heterocycles. The van der Waals surface area contributed by atoms with E-state index in [4.69, 9.17) is 4.42 Å². The Morgan fingerprint density at radius 2 is 2.07 bits per heavy atom. The van der Waals surface area contributed by atoms with Gasteiger partial charge in [-0.1, -0.05) is 32.1 Å². The van der Waals surface area contributed by atoms with Gasteiger partial charge in [-0.3, -0.25) is 4.79 Å². The third-order valence-corrected chi connectivity index (χ3v) is 3.22. The minimum atomic E-state index is 0.0184. The molecule has 2 nitrogen and oxygen atoms in total. The fraction of sp³-hybridized carbons (Fsp3) is 0.615. The van der Waals surface area contributed by atoms with Gasteiger partial charge in [0.1, 0.15) is 5.76 Å². The number of hydrogen-bond donors (Lipinski definition) is 0. The van der Waals surface area contributed by atoms with Crippen LogP contribution in [-0.2, 0) is 6.42 Å². The van der Waals surface area contributed by atoms with Gasteiger partial charge in [0.25, 0.3) is 0 Å². The van der Waals surface area contributed by atoms with Gasteiger partial charge in [0.2, 0.25) is 0 Å². The summed E-state index contributed by atoms with van der Waals surface area (Å²) in [5.41, 5.74) is 0. The summed E-state index contributed by atoms with van der Waals surface area (Å²) in [7, 11) is 0. The lowest BCUT2D eigenvalue weighted by atomic mass is 9.86. The zero-order valence-electron chi connectivity index (χ0n) is 9.29. The summed E-state index contributed by atoms with van der Waals surface area (Å²) in [6.45, 7) is 1.54. The van der Waals surface area contributed by atoms with Gasteiger partial charge in [0, 0.05) is 13.3 Å². The van der Waals surface area contributed by atoms with Crippen molar-refractivity contribution in [2.24, 2.45) is 5.92 Å². The molecule has 15 heavy (non-hydrogen) atoms. The molecule has 0 aliphatic heterocycles. The summed E-state index contributed by atoms with van der Waals surface area (Å²) in [5.74, 6) is 2.27. The molecule has 0 saturated heterocycles. The van der Waals surface area contributed by atoms with E-state index in [0.717, 1.165) is 18.1 Å². The summed E-state index contributed by atoms with van der Waals surface area (Å²) in [6, 6.07) is 3.74. The number of ketones is 1.